The number of azo groups is 1. The second kappa shape index (κ2) is 18.2. The van der Waals surface area contributed by atoms with Crippen LogP contribution in [-0.2, 0) is 61.2 Å². The summed E-state index contributed by atoms with van der Waals surface area (Å²) >= 11 is 9.54. The van der Waals surface area contributed by atoms with Crippen molar-refractivity contribution < 1.29 is 27.3 Å². The molecule has 1 N–H and O–H groups in total. The zero-order valence-corrected chi connectivity index (χ0v) is 23.8. The van der Waals surface area contributed by atoms with Crippen molar-refractivity contribution in [3.05, 3.63) is 102 Å². The average Bonchev–Trinajstić information content (AvgIpc) is 3.26. The van der Waals surface area contributed by atoms with E-state index < -0.39 is 0 Å². The number of amidine groups is 1. The SMILES string of the molecule is C[NH+](C)Cc1[c-]cccc1.Cn1nnnc1[S-].[Au+3].[S-]C(N=Nc1ccccc1)=N[N-]c1ccccc1. The van der Waals surface area contributed by atoms with Crippen molar-refractivity contribution in [1.29, 1.82) is 0 Å². The van der Waals surface area contributed by atoms with Crippen LogP contribution in [0.1, 0.15) is 5.56 Å². The third kappa shape index (κ3) is 13.7. The molecule has 3 aromatic carbocycles. The molecule has 0 saturated carbocycles. The number of benzene rings is 3. The van der Waals surface area contributed by atoms with Crippen molar-refractivity contribution >= 4 is 41.8 Å². The number of nitrogens with zero attached hydrogens (tertiary/aromatic N) is 8. The van der Waals surface area contributed by atoms with E-state index in [-0.39, 0.29) is 27.5 Å². The van der Waals surface area contributed by atoms with E-state index in [1.165, 1.54) is 15.1 Å². The standard InChI is InChI=1S/C13H11N4S.C9H12N.C2H4N4S.Au/c18-13(16-14-11-7-3-1-4-8-11)17-15-12-9-5-2-6-10-12;1-10(2)8-9-6-4-3-5-7-9;1-6-2(7)3-4-5-6;/h1-10H,(H-,14,15,16,17,18);3-6H,8H2,1-2H3;1H3,(H,3,5,7);/q2*-1;;+3/p-1. The minimum atomic E-state index is 0. The molecule has 0 aliphatic carbocycles. The molecule has 0 radical (unpaired) electrons. The normalized spacial score (nSPS) is 10.5. The molecule has 36 heavy (non-hydrogen) atoms. The Morgan fingerprint density at radius 1 is 1.00 bits per heavy atom. The van der Waals surface area contributed by atoms with Crippen molar-refractivity contribution in [1.82, 2.24) is 20.2 Å². The molecule has 1 heterocycles. The number of aryl methyl sites for hydroxylation is 1. The van der Waals surface area contributed by atoms with Crippen molar-refractivity contribution in [3.63, 3.8) is 0 Å². The maximum absolute atomic E-state index is 4.93. The number of aromatic nitrogens is 4. The molecule has 190 valence electrons. The van der Waals surface area contributed by atoms with Gasteiger partial charge in [0.05, 0.1) is 26.3 Å². The van der Waals surface area contributed by atoms with Gasteiger partial charge in [-0.3, -0.25) is 4.68 Å². The van der Waals surface area contributed by atoms with Gasteiger partial charge in [0.2, 0.25) is 0 Å². The minimum absolute atomic E-state index is 0. The van der Waals surface area contributed by atoms with Crippen LogP contribution in [0.25, 0.3) is 5.43 Å². The van der Waals surface area contributed by atoms with Gasteiger partial charge in [-0.2, -0.15) is 40.6 Å². The topological polar surface area (TPSA) is 99.2 Å². The van der Waals surface area contributed by atoms with Crippen LogP contribution in [0, 0.1) is 6.07 Å². The number of hydrogen-bond acceptors (Lipinski definition) is 7. The largest absolute Gasteiger partial charge is 3.00 e. The van der Waals surface area contributed by atoms with Crippen LogP contribution in [0.2, 0.25) is 0 Å². The van der Waals surface area contributed by atoms with Gasteiger partial charge in [0, 0.05) is 17.4 Å². The van der Waals surface area contributed by atoms with Crippen molar-refractivity contribution in [3.8, 4) is 0 Å². The fourth-order valence-corrected chi connectivity index (χ4v) is 2.51. The molecular formula is C24H26AuN9S2. The van der Waals surface area contributed by atoms with Gasteiger partial charge in [-0.25, -0.2) is 0 Å². The van der Waals surface area contributed by atoms with E-state index in [0.717, 1.165) is 17.9 Å². The van der Waals surface area contributed by atoms with Crippen LogP contribution >= 0.6 is 0 Å². The Morgan fingerprint density at radius 2 is 1.64 bits per heavy atom. The predicted molar refractivity (Wildman–Crippen MR) is 141 cm³/mol. The van der Waals surface area contributed by atoms with E-state index in [4.69, 9.17) is 12.6 Å². The first-order valence-corrected chi connectivity index (χ1v) is 11.4. The maximum atomic E-state index is 4.93. The molecule has 0 unspecified atom stereocenters. The molecule has 0 atom stereocenters. The Bertz CT molecular complexity index is 1140. The summed E-state index contributed by atoms with van der Waals surface area (Å²) in [4.78, 5) is 1.43. The summed E-state index contributed by atoms with van der Waals surface area (Å²) in [5.41, 5.74) is 6.69. The van der Waals surface area contributed by atoms with E-state index in [0.29, 0.717) is 5.16 Å². The number of rotatable bonds is 5. The van der Waals surface area contributed by atoms with Crippen molar-refractivity contribution in [2.75, 3.05) is 14.1 Å². The quantitative estimate of drug-likeness (QED) is 0.0654. The van der Waals surface area contributed by atoms with Crippen LogP contribution in [0.15, 0.2) is 105 Å². The third-order valence-corrected chi connectivity index (χ3v) is 4.42. The Balaban J connectivity index is 0.000000303. The van der Waals surface area contributed by atoms with E-state index >= 15 is 0 Å². The summed E-state index contributed by atoms with van der Waals surface area (Å²) in [7, 11) is 5.98. The van der Waals surface area contributed by atoms with Crippen LogP contribution in [0.3, 0.4) is 0 Å². The van der Waals surface area contributed by atoms with Gasteiger partial charge in [-0.05, 0) is 22.6 Å². The first-order chi connectivity index (χ1) is 16.9. The summed E-state index contributed by atoms with van der Waals surface area (Å²) in [6.45, 7) is 1.06. The number of tetrazole rings is 1. The first kappa shape index (κ1) is 31.0. The molecule has 1 aromatic heterocycles. The molecule has 0 fully saturated rings. The molecule has 9 nitrogen and oxygen atoms in total. The Kier molecular flexibility index (Phi) is 15.7. The molecular weight excluding hydrogens is 675 g/mol. The van der Waals surface area contributed by atoms with Crippen LogP contribution in [0.5, 0.6) is 0 Å². The maximum Gasteiger partial charge on any atom is 3.00 e. The van der Waals surface area contributed by atoms with E-state index in [9.17, 15) is 0 Å². The zero-order valence-electron chi connectivity index (χ0n) is 20.0. The van der Waals surface area contributed by atoms with Gasteiger partial charge in [0.15, 0.2) is 0 Å². The molecule has 4 rings (SSSR count). The number of quaternary nitrogens is 1. The Labute approximate surface area is 238 Å². The number of nitrogens with one attached hydrogen (secondary N) is 1. The summed E-state index contributed by atoms with van der Waals surface area (Å²) in [6.07, 6.45) is 0. The Hall–Kier alpha value is -3.06. The second-order valence-electron chi connectivity index (χ2n) is 7.21. The first-order valence-electron chi connectivity index (χ1n) is 10.6. The summed E-state index contributed by atoms with van der Waals surface area (Å²) < 4.78 is 1.43. The fraction of sp³-hybridized carbons (Fsp3) is 0.167. The molecule has 0 aliphatic heterocycles. The monoisotopic (exact) mass is 701 g/mol. The predicted octanol–water partition coefficient (Wildman–Crippen LogP) is 3.54. The average molecular weight is 702 g/mol. The molecule has 0 amide bonds. The third-order valence-electron chi connectivity index (χ3n) is 3.91. The van der Waals surface area contributed by atoms with Crippen LogP contribution in [-0.4, -0.2) is 39.5 Å². The Morgan fingerprint density at radius 3 is 2.14 bits per heavy atom. The van der Waals surface area contributed by atoms with Gasteiger partial charge in [0.25, 0.3) is 0 Å². The van der Waals surface area contributed by atoms with Gasteiger partial charge in [0.1, 0.15) is 0 Å². The van der Waals surface area contributed by atoms with Crippen LogP contribution in [0.4, 0.5) is 11.4 Å². The number of hydrogen-bond donors (Lipinski definition) is 1. The van der Waals surface area contributed by atoms with Gasteiger partial charge < -0.3 is 40.7 Å². The molecule has 4 aromatic rings. The zero-order chi connectivity index (χ0) is 25.3. The molecule has 0 aliphatic rings. The van der Waals surface area contributed by atoms with Gasteiger partial charge in [-0.15, -0.1) is 16.3 Å². The smallest absolute Gasteiger partial charge is 0.740 e. The fourth-order valence-electron chi connectivity index (χ4n) is 2.35. The molecule has 0 saturated heterocycles. The van der Waals surface area contributed by atoms with Gasteiger partial charge in [-0.1, -0.05) is 48.5 Å². The van der Waals surface area contributed by atoms with E-state index in [1.807, 2.05) is 72.8 Å². The van der Waals surface area contributed by atoms with Crippen LogP contribution < -0.4 is 4.90 Å². The van der Waals surface area contributed by atoms with Crippen molar-refractivity contribution in [2.45, 2.75) is 11.7 Å². The van der Waals surface area contributed by atoms with Crippen molar-refractivity contribution in [2.24, 2.45) is 22.4 Å². The molecule has 0 bridgehead atoms. The van der Waals surface area contributed by atoms with E-state index in [1.54, 1.807) is 7.05 Å². The summed E-state index contributed by atoms with van der Waals surface area (Å²) in [5.74, 6) is 0. The van der Waals surface area contributed by atoms with Gasteiger partial charge >= 0.3 is 22.4 Å². The second-order valence-corrected chi connectivity index (χ2v) is 7.94. The summed E-state index contributed by atoms with van der Waals surface area (Å²) in [6, 6.07) is 29.9. The molecule has 0 spiro atoms. The molecule has 12 heteroatoms. The minimum Gasteiger partial charge on any atom is -0.740 e. The van der Waals surface area contributed by atoms with E-state index in [2.05, 4.69) is 81.2 Å². The summed E-state index contributed by atoms with van der Waals surface area (Å²) in [5, 5.41) is 22.3.